The number of nitrogens with zero attached hydrogens (tertiary/aromatic N) is 1. The first-order valence-corrected chi connectivity index (χ1v) is 3.05. The zero-order valence-corrected chi connectivity index (χ0v) is 5.20. The molecule has 0 bridgehead atoms. The minimum atomic E-state index is -0.142. The van der Waals surface area contributed by atoms with E-state index in [-0.39, 0.29) is 12.1 Å². The van der Waals surface area contributed by atoms with Crippen LogP contribution in [0.3, 0.4) is 0 Å². The van der Waals surface area contributed by atoms with Gasteiger partial charge in [-0.3, -0.25) is 4.79 Å². The molecule has 0 aromatic rings. The van der Waals surface area contributed by atoms with Crippen LogP contribution in [-0.2, 0) is 9.53 Å². The van der Waals surface area contributed by atoms with Gasteiger partial charge >= 0.3 is 0 Å². The van der Waals surface area contributed by atoms with Crippen molar-refractivity contribution in [1.82, 2.24) is 5.32 Å². The minimum Gasteiger partial charge on any atom is -0.453 e. The number of hydrogen-bond donors (Lipinski definition) is 1. The van der Waals surface area contributed by atoms with Crippen LogP contribution < -0.4 is 5.32 Å². The molecule has 4 nitrogen and oxygen atoms in total. The van der Waals surface area contributed by atoms with E-state index in [0.29, 0.717) is 12.3 Å². The van der Waals surface area contributed by atoms with Gasteiger partial charge in [-0.1, -0.05) is 0 Å². The van der Waals surface area contributed by atoms with Crippen molar-refractivity contribution in [3.8, 4) is 0 Å². The second kappa shape index (κ2) is 1.83. The van der Waals surface area contributed by atoms with Crippen LogP contribution in [0.5, 0.6) is 0 Å². The Labute approximate surface area is 57.6 Å². The molecule has 0 radical (unpaired) electrons. The Bertz CT molecular complexity index is 224. The van der Waals surface area contributed by atoms with Gasteiger partial charge in [0.05, 0.1) is 6.42 Å². The number of nitrogens with one attached hydrogen (secondary N) is 1. The molecule has 1 saturated heterocycles. The molecule has 52 valence electrons. The molecule has 2 heterocycles. The third-order valence-electron chi connectivity index (χ3n) is 1.37. The van der Waals surface area contributed by atoms with E-state index in [1.165, 1.54) is 0 Å². The Morgan fingerprint density at radius 3 is 2.90 bits per heavy atom. The maximum absolute atomic E-state index is 10.3. The van der Waals surface area contributed by atoms with Gasteiger partial charge in [0.2, 0.25) is 11.8 Å². The van der Waals surface area contributed by atoms with Gasteiger partial charge in [-0.05, 0) is 0 Å². The van der Waals surface area contributed by atoms with Gasteiger partial charge in [-0.15, -0.1) is 0 Å². The molecule has 0 aliphatic carbocycles. The highest BCUT2D eigenvalue weighted by molar-refractivity contribution is 5.93. The van der Waals surface area contributed by atoms with Crippen LogP contribution in [0.25, 0.3) is 0 Å². The van der Waals surface area contributed by atoms with Crippen LogP contribution >= 0.6 is 0 Å². The zero-order chi connectivity index (χ0) is 6.97. The number of rotatable bonds is 1. The largest absolute Gasteiger partial charge is 0.453 e. The lowest BCUT2D eigenvalue weighted by Gasteiger charge is -2.27. The standard InChI is InChI=1S/C6H6N2O2/c9-4-3-6(8-4)10-5-1-2-7-5/h1-2,6H,3H2,(H,8,9). The first-order chi connectivity index (χ1) is 4.84. The van der Waals surface area contributed by atoms with E-state index < -0.39 is 0 Å². The summed E-state index contributed by atoms with van der Waals surface area (Å²) < 4.78 is 5.12. The Hall–Kier alpha value is -1.32. The Morgan fingerprint density at radius 2 is 2.50 bits per heavy atom. The summed E-state index contributed by atoms with van der Waals surface area (Å²) in [5.74, 6) is 0.638. The van der Waals surface area contributed by atoms with Gasteiger partial charge < -0.3 is 10.1 Å². The molecular formula is C6H6N2O2. The lowest BCUT2D eigenvalue weighted by atomic mass is 10.2. The van der Waals surface area contributed by atoms with Crippen LogP contribution in [0.15, 0.2) is 17.3 Å². The van der Waals surface area contributed by atoms with Crippen LogP contribution in [0.1, 0.15) is 6.42 Å². The van der Waals surface area contributed by atoms with E-state index in [4.69, 9.17) is 4.74 Å². The number of carbonyl (C=O) groups excluding carboxylic acids is 1. The summed E-state index contributed by atoms with van der Waals surface area (Å²) >= 11 is 0. The summed E-state index contributed by atoms with van der Waals surface area (Å²) in [5.41, 5.74) is 0. The third kappa shape index (κ3) is 0.775. The fraction of sp³-hybridized carbons (Fsp3) is 0.333. The summed E-state index contributed by atoms with van der Waals surface area (Å²) in [7, 11) is 0. The molecule has 1 atom stereocenters. The summed E-state index contributed by atoms with van der Waals surface area (Å²) in [6, 6.07) is 0. The molecule has 2 rings (SSSR count). The smallest absolute Gasteiger partial charge is 0.228 e. The van der Waals surface area contributed by atoms with E-state index >= 15 is 0 Å². The Balaban J connectivity index is 1.77. The SMILES string of the molecule is O=C1CC(OC2=NC=C2)N1. The molecule has 0 saturated carbocycles. The number of hydrogen-bond acceptors (Lipinski definition) is 3. The molecular weight excluding hydrogens is 132 g/mol. The summed E-state index contributed by atoms with van der Waals surface area (Å²) in [4.78, 5) is 14.1. The van der Waals surface area contributed by atoms with Crippen molar-refractivity contribution in [1.29, 1.82) is 0 Å². The molecule has 0 spiro atoms. The van der Waals surface area contributed by atoms with Crippen LogP contribution in [0, 0.1) is 0 Å². The topological polar surface area (TPSA) is 50.7 Å². The first-order valence-electron chi connectivity index (χ1n) is 3.05. The molecule has 2 aliphatic heterocycles. The predicted molar refractivity (Wildman–Crippen MR) is 34.2 cm³/mol. The van der Waals surface area contributed by atoms with Crippen molar-refractivity contribution in [2.75, 3.05) is 0 Å². The van der Waals surface area contributed by atoms with Crippen molar-refractivity contribution in [2.45, 2.75) is 12.6 Å². The fourth-order valence-corrected chi connectivity index (χ4v) is 0.749. The maximum atomic E-state index is 10.3. The minimum absolute atomic E-state index is 0.0360. The van der Waals surface area contributed by atoms with E-state index in [1.807, 2.05) is 0 Å². The second-order valence-electron chi connectivity index (χ2n) is 2.16. The molecule has 0 aromatic carbocycles. The molecule has 0 aromatic heterocycles. The highest BCUT2D eigenvalue weighted by Crippen LogP contribution is 2.09. The lowest BCUT2D eigenvalue weighted by molar-refractivity contribution is -0.134. The Kier molecular flexibility index (Phi) is 1.00. The summed E-state index contributed by atoms with van der Waals surface area (Å²) in [6.07, 6.45) is 3.71. The maximum Gasteiger partial charge on any atom is 0.228 e. The molecule has 2 aliphatic rings. The average Bonchev–Trinajstić information content (AvgIpc) is 1.72. The van der Waals surface area contributed by atoms with E-state index in [1.54, 1.807) is 12.3 Å². The zero-order valence-electron chi connectivity index (χ0n) is 5.20. The van der Waals surface area contributed by atoms with E-state index in [0.717, 1.165) is 0 Å². The molecule has 1 N–H and O–H groups in total. The number of carbonyl (C=O) groups is 1. The molecule has 1 fully saturated rings. The van der Waals surface area contributed by atoms with Crippen molar-refractivity contribution in [3.63, 3.8) is 0 Å². The summed E-state index contributed by atoms with van der Waals surface area (Å²) in [6.45, 7) is 0. The highest BCUT2D eigenvalue weighted by atomic mass is 16.5. The molecule has 4 heteroatoms. The van der Waals surface area contributed by atoms with Gasteiger partial charge in [0, 0.05) is 12.3 Å². The van der Waals surface area contributed by atoms with E-state index in [9.17, 15) is 4.79 Å². The molecule has 1 unspecified atom stereocenters. The number of β-lactam (4-membered cyclic amide) rings is 1. The van der Waals surface area contributed by atoms with Gasteiger partial charge in [-0.25, -0.2) is 4.99 Å². The number of ether oxygens (including phenoxy) is 1. The van der Waals surface area contributed by atoms with Crippen molar-refractivity contribution in [3.05, 3.63) is 12.3 Å². The normalized spacial score (nSPS) is 27.8. The van der Waals surface area contributed by atoms with Gasteiger partial charge in [0.1, 0.15) is 0 Å². The lowest BCUT2D eigenvalue weighted by Crippen LogP contribution is -2.50. The van der Waals surface area contributed by atoms with Crippen molar-refractivity contribution >= 4 is 11.8 Å². The van der Waals surface area contributed by atoms with Crippen molar-refractivity contribution in [2.24, 2.45) is 4.99 Å². The molecule has 1 amide bonds. The average molecular weight is 138 g/mol. The van der Waals surface area contributed by atoms with Crippen LogP contribution in [-0.4, -0.2) is 18.0 Å². The van der Waals surface area contributed by atoms with Crippen LogP contribution in [0.2, 0.25) is 0 Å². The fourth-order valence-electron chi connectivity index (χ4n) is 0.749. The number of aliphatic imine (C=N–C) groups is 1. The first kappa shape index (κ1) is 5.46. The molecule has 10 heavy (non-hydrogen) atoms. The van der Waals surface area contributed by atoms with Gasteiger partial charge in [0.15, 0.2) is 6.23 Å². The van der Waals surface area contributed by atoms with Gasteiger partial charge in [-0.2, -0.15) is 0 Å². The monoisotopic (exact) mass is 138 g/mol. The van der Waals surface area contributed by atoms with E-state index in [2.05, 4.69) is 10.3 Å². The number of amides is 1. The Morgan fingerprint density at radius 1 is 1.80 bits per heavy atom. The third-order valence-corrected chi connectivity index (χ3v) is 1.37. The quantitative estimate of drug-likeness (QED) is 0.509. The second-order valence-corrected chi connectivity index (χ2v) is 2.16. The highest BCUT2D eigenvalue weighted by Gasteiger charge is 2.27. The van der Waals surface area contributed by atoms with Crippen molar-refractivity contribution < 1.29 is 9.53 Å². The van der Waals surface area contributed by atoms with Gasteiger partial charge in [0.25, 0.3) is 0 Å². The summed E-state index contributed by atoms with van der Waals surface area (Å²) in [5, 5.41) is 2.57. The predicted octanol–water partition coefficient (Wildman–Crippen LogP) is -0.225. The van der Waals surface area contributed by atoms with Crippen LogP contribution in [0.4, 0.5) is 0 Å².